The van der Waals surface area contributed by atoms with Crippen molar-refractivity contribution in [2.24, 2.45) is 0 Å². The van der Waals surface area contributed by atoms with Crippen LogP contribution in [0.4, 0.5) is 5.69 Å². The van der Waals surface area contributed by atoms with E-state index in [4.69, 9.17) is 21.7 Å². The predicted molar refractivity (Wildman–Crippen MR) is 133 cm³/mol. The monoisotopic (exact) mass is 493 g/mol. The number of methoxy groups -OCH3 is 1. The van der Waals surface area contributed by atoms with E-state index in [2.05, 4.69) is 10.6 Å². The lowest BCUT2D eigenvalue weighted by atomic mass is 10.2. The van der Waals surface area contributed by atoms with Crippen LogP contribution in [0.3, 0.4) is 0 Å². The third-order valence-electron chi connectivity index (χ3n) is 4.85. The molecule has 0 radical (unpaired) electrons. The van der Waals surface area contributed by atoms with Crippen molar-refractivity contribution >= 4 is 38.9 Å². The summed E-state index contributed by atoms with van der Waals surface area (Å²) < 4.78 is 37.9. The Bertz CT molecular complexity index is 1050. The fraction of sp³-hybridized carbons (Fsp3) is 0.391. The lowest BCUT2D eigenvalue weighted by Crippen LogP contribution is -2.34. The second-order valence-electron chi connectivity index (χ2n) is 7.22. The van der Waals surface area contributed by atoms with Crippen molar-refractivity contribution in [3.05, 3.63) is 48.0 Å². The number of thiocarbonyl (C=S) groups is 1. The molecule has 0 bridgehead atoms. The van der Waals surface area contributed by atoms with Crippen LogP contribution in [0.15, 0.2) is 47.4 Å². The first-order valence-electron chi connectivity index (χ1n) is 10.7. The van der Waals surface area contributed by atoms with E-state index < -0.39 is 10.0 Å². The van der Waals surface area contributed by atoms with Crippen LogP contribution >= 0.6 is 12.2 Å². The van der Waals surface area contributed by atoms with Crippen LogP contribution in [0.25, 0.3) is 0 Å². The summed E-state index contributed by atoms with van der Waals surface area (Å²) >= 11 is 5.23. The molecular formula is C23H31N3O5S2. The van der Waals surface area contributed by atoms with E-state index in [9.17, 15) is 13.2 Å². The fourth-order valence-electron chi connectivity index (χ4n) is 3.06. The number of amides is 1. The number of nitrogens with zero attached hydrogens (tertiary/aromatic N) is 1. The zero-order chi connectivity index (χ0) is 24.4. The number of anilines is 1. The molecule has 2 rings (SSSR count). The van der Waals surface area contributed by atoms with Gasteiger partial charge in [-0.3, -0.25) is 4.79 Å². The molecule has 10 heteroatoms. The van der Waals surface area contributed by atoms with Crippen LogP contribution in [0.5, 0.6) is 11.5 Å². The second kappa shape index (κ2) is 12.5. The quantitative estimate of drug-likeness (QED) is 0.364. The van der Waals surface area contributed by atoms with Gasteiger partial charge in [-0.2, -0.15) is 4.31 Å². The molecule has 8 nitrogen and oxygen atoms in total. The highest BCUT2D eigenvalue weighted by Crippen LogP contribution is 2.29. The number of benzene rings is 2. The average molecular weight is 494 g/mol. The molecular weight excluding hydrogens is 462 g/mol. The number of carbonyl (C=O) groups excluding carboxylic acids is 1. The third-order valence-corrected chi connectivity index (χ3v) is 7.10. The SMILES string of the molecule is CCN(CC)S(=O)(=O)c1ccc(OC)c(NC(=S)NC(=O)CCCOc2ccc(C)cc2)c1. The van der Waals surface area contributed by atoms with Gasteiger partial charge in [0.2, 0.25) is 15.9 Å². The molecule has 0 unspecified atom stereocenters. The van der Waals surface area contributed by atoms with Crippen molar-refractivity contribution < 1.29 is 22.7 Å². The molecule has 33 heavy (non-hydrogen) atoms. The summed E-state index contributed by atoms with van der Waals surface area (Å²) in [6.07, 6.45) is 0.741. The summed E-state index contributed by atoms with van der Waals surface area (Å²) in [5.41, 5.74) is 1.49. The van der Waals surface area contributed by atoms with Crippen LogP contribution < -0.4 is 20.1 Å². The Labute approximate surface area is 201 Å². The van der Waals surface area contributed by atoms with E-state index in [1.54, 1.807) is 19.9 Å². The Morgan fingerprint density at radius 1 is 1.09 bits per heavy atom. The van der Waals surface area contributed by atoms with Crippen molar-refractivity contribution in [1.82, 2.24) is 9.62 Å². The van der Waals surface area contributed by atoms with E-state index in [-0.39, 0.29) is 22.3 Å². The maximum Gasteiger partial charge on any atom is 0.243 e. The van der Waals surface area contributed by atoms with Gasteiger partial charge in [0.25, 0.3) is 0 Å². The molecule has 0 aliphatic rings. The van der Waals surface area contributed by atoms with Gasteiger partial charge in [-0.25, -0.2) is 8.42 Å². The highest BCUT2D eigenvalue weighted by Gasteiger charge is 2.23. The lowest BCUT2D eigenvalue weighted by molar-refractivity contribution is -0.119. The van der Waals surface area contributed by atoms with Gasteiger partial charge >= 0.3 is 0 Å². The second-order valence-corrected chi connectivity index (χ2v) is 9.56. The highest BCUT2D eigenvalue weighted by atomic mass is 32.2. The smallest absolute Gasteiger partial charge is 0.243 e. The van der Waals surface area contributed by atoms with Crippen molar-refractivity contribution in [1.29, 1.82) is 0 Å². The van der Waals surface area contributed by atoms with Crippen LogP contribution in [0.1, 0.15) is 32.3 Å². The van der Waals surface area contributed by atoms with Gasteiger partial charge in [-0.15, -0.1) is 0 Å². The molecule has 0 heterocycles. The lowest BCUT2D eigenvalue weighted by Gasteiger charge is -2.20. The minimum atomic E-state index is -3.65. The van der Waals surface area contributed by atoms with Crippen LogP contribution in [0.2, 0.25) is 0 Å². The number of hydrogen-bond acceptors (Lipinski definition) is 6. The molecule has 0 atom stereocenters. The fourth-order valence-corrected chi connectivity index (χ4v) is 4.77. The molecule has 0 spiro atoms. The Hall–Kier alpha value is -2.69. The molecule has 180 valence electrons. The molecule has 0 aliphatic heterocycles. The highest BCUT2D eigenvalue weighted by molar-refractivity contribution is 7.89. The summed E-state index contributed by atoms with van der Waals surface area (Å²) in [5.74, 6) is 0.882. The van der Waals surface area contributed by atoms with Gasteiger partial charge in [0.15, 0.2) is 5.11 Å². The van der Waals surface area contributed by atoms with Crippen molar-refractivity contribution in [2.75, 3.05) is 32.1 Å². The number of ether oxygens (including phenoxy) is 2. The molecule has 2 aromatic rings. The standard InChI is InChI=1S/C23H31N3O5S2/c1-5-26(6-2)33(28,29)19-13-14-21(30-4)20(16-19)24-23(32)25-22(27)8-7-15-31-18-11-9-17(3)10-12-18/h9-14,16H,5-8,15H2,1-4H3,(H2,24,25,27,32). The van der Waals surface area contributed by atoms with E-state index in [0.717, 1.165) is 11.3 Å². The number of carbonyl (C=O) groups is 1. The Kier molecular flexibility index (Phi) is 10.1. The minimum absolute atomic E-state index is 0.0511. The van der Waals surface area contributed by atoms with Gasteiger partial charge in [0.1, 0.15) is 11.5 Å². The maximum atomic E-state index is 12.8. The van der Waals surface area contributed by atoms with Crippen molar-refractivity contribution in [3.63, 3.8) is 0 Å². The number of nitrogens with one attached hydrogen (secondary N) is 2. The molecule has 0 aromatic heterocycles. The van der Waals surface area contributed by atoms with E-state index in [1.165, 1.54) is 23.5 Å². The normalized spacial score (nSPS) is 11.2. The van der Waals surface area contributed by atoms with Gasteiger partial charge in [-0.05, 0) is 55.9 Å². The first-order valence-corrected chi connectivity index (χ1v) is 12.5. The molecule has 0 saturated heterocycles. The first kappa shape index (κ1) is 26.6. The zero-order valence-corrected chi connectivity index (χ0v) is 21.0. The number of aryl methyl sites for hydroxylation is 1. The summed E-state index contributed by atoms with van der Waals surface area (Å²) in [7, 11) is -2.19. The van der Waals surface area contributed by atoms with Crippen LogP contribution in [-0.2, 0) is 14.8 Å². The van der Waals surface area contributed by atoms with Gasteiger partial charge in [0.05, 0.1) is 24.3 Å². The molecule has 0 saturated carbocycles. The summed E-state index contributed by atoms with van der Waals surface area (Å²) in [6.45, 7) is 6.67. The van der Waals surface area contributed by atoms with Crippen LogP contribution in [-0.4, -0.2) is 50.5 Å². The van der Waals surface area contributed by atoms with Crippen molar-refractivity contribution in [2.45, 2.75) is 38.5 Å². The summed E-state index contributed by atoms with van der Waals surface area (Å²) in [4.78, 5) is 12.3. The number of rotatable bonds is 11. The van der Waals surface area contributed by atoms with Crippen molar-refractivity contribution in [3.8, 4) is 11.5 Å². The molecule has 0 fully saturated rings. The molecule has 2 aromatic carbocycles. The Morgan fingerprint density at radius 2 is 1.76 bits per heavy atom. The number of sulfonamides is 1. The van der Waals surface area contributed by atoms with E-state index >= 15 is 0 Å². The summed E-state index contributed by atoms with van der Waals surface area (Å²) in [5, 5.41) is 5.51. The number of hydrogen-bond donors (Lipinski definition) is 2. The summed E-state index contributed by atoms with van der Waals surface area (Å²) in [6, 6.07) is 12.2. The Morgan fingerprint density at radius 3 is 2.36 bits per heavy atom. The largest absolute Gasteiger partial charge is 0.495 e. The molecule has 2 N–H and O–H groups in total. The Balaban J connectivity index is 1.93. The molecule has 1 amide bonds. The van der Waals surface area contributed by atoms with E-state index in [1.807, 2.05) is 31.2 Å². The third kappa shape index (κ3) is 7.69. The predicted octanol–water partition coefficient (Wildman–Crippen LogP) is 3.71. The molecule has 0 aliphatic carbocycles. The van der Waals surface area contributed by atoms with Crippen LogP contribution in [0, 0.1) is 6.92 Å². The minimum Gasteiger partial charge on any atom is -0.495 e. The van der Waals surface area contributed by atoms with Gasteiger partial charge in [0, 0.05) is 19.5 Å². The topological polar surface area (TPSA) is 97.0 Å². The average Bonchev–Trinajstić information content (AvgIpc) is 2.78. The van der Waals surface area contributed by atoms with Gasteiger partial charge in [-0.1, -0.05) is 31.5 Å². The zero-order valence-electron chi connectivity index (χ0n) is 19.4. The van der Waals surface area contributed by atoms with Gasteiger partial charge < -0.3 is 20.1 Å². The van der Waals surface area contributed by atoms with E-state index in [0.29, 0.717) is 37.6 Å². The maximum absolute atomic E-state index is 12.8. The first-order chi connectivity index (χ1) is 15.7.